The predicted molar refractivity (Wildman–Crippen MR) is 86.6 cm³/mol. The summed E-state index contributed by atoms with van der Waals surface area (Å²) in [4.78, 5) is 42.0. The third kappa shape index (κ3) is 4.42. The van der Waals surface area contributed by atoms with E-state index in [1.165, 1.54) is 0 Å². The van der Waals surface area contributed by atoms with Crippen LogP contribution in [0.3, 0.4) is 0 Å². The van der Waals surface area contributed by atoms with Gasteiger partial charge in [0.05, 0.1) is 4.92 Å². The third-order valence-electron chi connectivity index (χ3n) is 3.37. The number of carbonyl (C=O) groups excluding carboxylic acids is 2. The minimum atomic E-state index is -0.623. The van der Waals surface area contributed by atoms with Gasteiger partial charge in [-0.3, -0.25) is 19.7 Å². The van der Waals surface area contributed by atoms with Gasteiger partial charge >= 0.3 is 5.69 Å². The molecule has 0 aliphatic carbocycles. The molecule has 1 aromatic carbocycles. The van der Waals surface area contributed by atoms with Crippen molar-refractivity contribution in [3.63, 3.8) is 0 Å². The summed E-state index contributed by atoms with van der Waals surface area (Å²) in [6.07, 6.45) is 1.23. The Labute approximate surface area is 138 Å². The van der Waals surface area contributed by atoms with Crippen LogP contribution in [0.25, 0.3) is 0 Å². The summed E-state index contributed by atoms with van der Waals surface area (Å²) >= 11 is 0. The van der Waals surface area contributed by atoms with Crippen molar-refractivity contribution < 1.29 is 14.5 Å². The third-order valence-corrected chi connectivity index (χ3v) is 3.37. The summed E-state index contributed by atoms with van der Waals surface area (Å²) in [5.41, 5.74) is 0.922. The van der Waals surface area contributed by atoms with E-state index in [1.807, 2.05) is 30.3 Å². The van der Waals surface area contributed by atoms with Gasteiger partial charge in [0.2, 0.25) is 5.95 Å². The van der Waals surface area contributed by atoms with Crippen LogP contribution in [0.2, 0.25) is 0 Å². The van der Waals surface area contributed by atoms with E-state index < -0.39 is 10.7 Å². The van der Waals surface area contributed by atoms with E-state index in [2.05, 4.69) is 9.97 Å². The molecule has 0 saturated carbocycles. The quantitative estimate of drug-likeness (QED) is 0.314. The van der Waals surface area contributed by atoms with Crippen LogP contribution in [0, 0.1) is 10.1 Å². The van der Waals surface area contributed by atoms with Gasteiger partial charge in [0.15, 0.2) is 12.1 Å². The normalized spacial score (nSPS) is 10.2. The molecule has 0 atom stereocenters. The molecule has 1 aromatic heterocycles. The lowest BCUT2D eigenvalue weighted by Gasteiger charge is -2.17. The smallest absolute Gasteiger partial charge is 0.309 e. The summed E-state index contributed by atoms with van der Waals surface area (Å²) in [7, 11) is 1.77. The topological polar surface area (TPSA) is 106 Å². The van der Waals surface area contributed by atoms with E-state index in [4.69, 9.17) is 0 Å². The number of ketones is 1. The lowest BCUT2D eigenvalue weighted by atomic mass is 10.1. The molecule has 2 rings (SSSR count). The van der Waals surface area contributed by atoms with Gasteiger partial charge in [-0.25, -0.2) is 9.97 Å². The van der Waals surface area contributed by atoms with Gasteiger partial charge in [0.25, 0.3) is 0 Å². The SMILES string of the molecule is CN(Cc1ccccc1)c1ncc([N+](=O)[O-])c(CCC(=O)C=O)n1. The maximum Gasteiger partial charge on any atom is 0.309 e. The summed E-state index contributed by atoms with van der Waals surface area (Å²) in [6.45, 7) is 0.533. The van der Waals surface area contributed by atoms with Crippen molar-refractivity contribution in [2.45, 2.75) is 19.4 Å². The fraction of sp³-hybridized carbons (Fsp3) is 0.250. The molecule has 0 radical (unpaired) electrons. The van der Waals surface area contributed by atoms with Crippen molar-refractivity contribution in [2.75, 3.05) is 11.9 Å². The monoisotopic (exact) mass is 328 g/mol. The van der Waals surface area contributed by atoms with Crippen LogP contribution >= 0.6 is 0 Å². The number of benzene rings is 1. The van der Waals surface area contributed by atoms with Gasteiger partial charge in [-0.2, -0.15) is 0 Å². The molecule has 0 fully saturated rings. The Morgan fingerprint density at radius 1 is 1.33 bits per heavy atom. The lowest BCUT2D eigenvalue weighted by molar-refractivity contribution is -0.386. The van der Waals surface area contributed by atoms with Gasteiger partial charge in [-0.1, -0.05) is 30.3 Å². The van der Waals surface area contributed by atoms with Gasteiger partial charge < -0.3 is 4.90 Å². The van der Waals surface area contributed by atoms with Gasteiger partial charge in [-0.05, 0) is 5.56 Å². The van der Waals surface area contributed by atoms with E-state index in [0.29, 0.717) is 12.5 Å². The molecule has 8 nitrogen and oxygen atoms in total. The van der Waals surface area contributed by atoms with Crippen LogP contribution in [-0.2, 0) is 22.6 Å². The van der Waals surface area contributed by atoms with E-state index in [-0.39, 0.29) is 30.5 Å². The zero-order valence-electron chi connectivity index (χ0n) is 13.1. The highest BCUT2D eigenvalue weighted by molar-refractivity contribution is 6.24. The van der Waals surface area contributed by atoms with Crippen LogP contribution in [0.1, 0.15) is 17.7 Å². The molecule has 124 valence electrons. The summed E-state index contributed by atoms with van der Waals surface area (Å²) < 4.78 is 0. The minimum absolute atomic E-state index is 0.0165. The van der Waals surface area contributed by atoms with E-state index in [0.717, 1.165) is 11.8 Å². The first kappa shape index (κ1) is 17.2. The molecule has 0 unspecified atom stereocenters. The molecule has 0 spiro atoms. The number of hydrogen-bond donors (Lipinski definition) is 0. The molecular formula is C16H16N4O4. The Hall–Kier alpha value is -3.16. The zero-order chi connectivity index (χ0) is 17.5. The van der Waals surface area contributed by atoms with Crippen molar-refractivity contribution in [3.8, 4) is 0 Å². The maximum atomic E-state index is 11.1. The van der Waals surface area contributed by atoms with Crippen molar-refractivity contribution in [2.24, 2.45) is 0 Å². The number of hydrogen-bond acceptors (Lipinski definition) is 7. The first-order valence-electron chi connectivity index (χ1n) is 7.24. The average molecular weight is 328 g/mol. The molecule has 0 aliphatic rings. The largest absolute Gasteiger partial charge is 0.340 e. The first-order valence-corrected chi connectivity index (χ1v) is 7.24. The first-order chi connectivity index (χ1) is 11.5. The van der Waals surface area contributed by atoms with E-state index in [9.17, 15) is 19.7 Å². The van der Waals surface area contributed by atoms with Crippen LogP contribution in [0.4, 0.5) is 11.6 Å². The van der Waals surface area contributed by atoms with Crippen LogP contribution in [-0.4, -0.2) is 34.0 Å². The van der Waals surface area contributed by atoms with Crippen molar-refractivity contribution >= 4 is 23.7 Å². The highest BCUT2D eigenvalue weighted by atomic mass is 16.6. The maximum absolute atomic E-state index is 11.1. The molecule has 0 bridgehead atoms. The highest BCUT2D eigenvalue weighted by Gasteiger charge is 2.19. The predicted octanol–water partition coefficient (Wildman–Crippen LogP) is 1.72. The Morgan fingerprint density at radius 2 is 2.04 bits per heavy atom. The summed E-state index contributed by atoms with van der Waals surface area (Å²) in [6, 6.07) is 9.64. The van der Waals surface area contributed by atoms with Crippen LogP contribution < -0.4 is 4.90 Å². The lowest BCUT2D eigenvalue weighted by Crippen LogP contribution is -2.20. The van der Waals surface area contributed by atoms with Crippen molar-refractivity contribution in [1.29, 1.82) is 0 Å². The average Bonchev–Trinajstić information content (AvgIpc) is 2.60. The highest BCUT2D eigenvalue weighted by Crippen LogP contribution is 2.20. The Balaban J connectivity index is 2.22. The number of nitro groups is 1. The Bertz CT molecular complexity index is 749. The van der Waals surface area contributed by atoms with Gasteiger partial charge in [0, 0.05) is 26.4 Å². The number of aryl methyl sites for hydroxylation is 1. The van der Waals surface area contributed by atoms with Crippen molar-refractivity contribution in [3.05, 3.63) is 57.9 Å². The number of nitrogens with zero attached hydrogens (tertiary/aromatic N) is 4. The fourth-order valence-corrected chi connectivity index (χ4v) is 2.15. The number of Topliss-reactive ketones (excluding diaryl/α,β-unsaturated/α-hetero) is 1. The number of aldehydes is 1. The Morgan fingerprint density at radius 3 is 2.67 bits per heavy atom. The molecule has 24 heavy (non-hydrogen) atoms. The summed E-state index contributed by atoms with van der Waals surface area (Å²) in [5.74, 6) is -0.305. The molecule has 0 amide bonds. The van der Waals surface area contributed by atoms with Crippen molar-refractivity contribution in [1.82, 2.24) is 9.97 Å². The fourth-order valence-electron chi connectivity index (χ4n) is 2.15. The van der Waals surface area contributed by atoms with E-state index >= 15 is 0 Å². The molecule has 0 aliphatic heterocycles. The van der Waals surface area contributed by atoms with Gasteiger partial charge in [0.1, 0.15) is 11.9 Å². The molecule has 8 heteroatoms. The standard InChI is InChI=1S/C16H16N4O4/c1-19(10-12-5-3-2-4-6-12)16-17-9-15(20(23)24)14(18-16)8-7-13(22)11-21/h2-6,9,11H,7-8,10H2,1H3. The molecule has 0 N–H and O–H groups in total. The second-order valence-corrected chi connectivity index (χ2v) is 5.18. The van der Waals surface area contributed by atoms with Crippen LogP contribution in [0.5, 0.6) is 0 Å². The summed E-state index contributed by atoms with van der Waals surface area (Å²) in [5, 5.41) is 11.1. The molecule has 1 heterocycles. The second-order valence-electron chi connectivity index (χ2n) is 5.18. The molecule has 2 aromatic rings. The zero-order valence-corrected chi connectivity index (χ0v) is 13.1. The second kappa shape index (κ2) is 7.91. The number of carbonyl (C=O) groups is 2. The van der Waals surface area contributed by atoms with Crippen LogP contribution in [0.15, 0.2) is 36.5 Å². The van der Waals surface area contributed by atoms with Gasteiger partial charge in [-0.15, -0.1) is 0 Å². The number of aromatic nitrogens is 2. The minimum Gasteiger partial charge on any atom is -0.340 e. The molecular weight excluding hydrogens is 312 g/mol. The number of anilines is 1. The van der Waals surface area contributed by atoms with E-state index in [1.54, 1.807) is 11.9 Å². The number of rotatable bonds is 8. The Kier molecular flexibility index (Phi) is 5.67. The molecule has 0 saturated heterocycles.